The normalized spacial score (nSPS) is 11.5. The van der Waals surface area contributed by atoms with Gasteiger partial charge >= 0.3 is 0 Å². The first kappa shape index (κ1) is 30.1. The fraction of sp³-hybridized carbons (Fsp3) is 0. The molecule has 0 saturated heterocycles. The van der Waals surface area contributed by atoms with Gasteiger partial charge in [0.2, 0.25) is 0 Å². The molecule has 0 spiro atoms. The van der Waals surface area contributed by atoms with Crippen LogP contribution in [0.1, 0.15) is 0 Å². The zero-order valence-corrected chi connectivity index (χ0v) is 28.6. The smallest absolute Gasteiger partial charge is 0.00139 e. The minimum Gasteiger partial charge on any atom is -0.0622 e. The molecule has 0 fully saturated rings. The number of hydrogen-bond acceptors (Lipinski definition) is 0. The van der Waals surface area contributed by atoms with Crippen molar-refractivity contribution in [1.29, 1.82) is 0 Å². The highest BCUT2D eigenvalue weighted by Gasteiger charge is 2.23. The maximum atomic E-state index is 2.33. The Balaban J connectivity index is 1.35. The Labute approximate surface area is 303 Å². The van der Waals surface area contributed by atoms with Crippen molar-refractivity contribution in [2.45, 2.75) is 0 Å². The van der Waals surface area contributed by atoms with Crippen molar-refractivity contribution in [1.82, 2.24) is 0 Å². The largest absolute Gasteiger partial charge is 0.0622 e. The molecule has 0 nitrogen and oxygen atoms in total. The van der Waals surface area contributed by atoms with Crippen LogP contribution in [0.25, 0.3) is 98.7 Å². The third-order valence-electron chi connectivity index (χ3n) is 10.7. The van der Waals surface area contributed by atoms with Gasteiger partial charge in [-0.15, -0.1) is 0 Å². The van der Waals surface area contributed by atoms with Gasteiger partial charge in [0.25, 0.3) is 0 Å². The van der Waals surface area contributed by atoms with E-state index in [0.29, 0.717) is 0 Å². The Morgan fingerprint density at radius 1 is 0.154 bits per heavy atom. The number of hydrogen-bond donors (Lipinski definition) is 0. The van der Waals surface area contributed by atoms with Crippen molar-refractivity contribution in [3.8, 4) is 55.6 Å². The second-order valence-corrected chi connectivity index (χ2v) is 13.5. The van der Waals surface area contributed by atoms with Gasteiger partial charge in [-0.2, -0.15) is 0 Å². The predicted octanol–water partition coefficient (Wildman–Crippen LogP) is 14.6. The van der Waals surface area contributed by atoms with Crippen LogP contribution in [0.15, 0.2) is 206 Å². The van der Waals surface area contributed by atoms with E-state index >= 15 is 0 Å². The number of rotatable bonds is 5. The van der Waals surface area contributed by atoms with E-state index in [1.807, 2.05) is 0 Å². The summed E-state index contributed by atoms with van der Waals surface area (Å²) in [5.41, 5.74) is 12.5. The lowest BCUT2D eigenvalue weighted by atomic mass is 9.79. The van der Waals surface area contributed by atoms with Crippen molar-refractivity contribution in [2.75, 3.05) is 0 Å². The lowest BCUT2D eigenvalue weighted by Gasteiger charge is -2.23. The molecule has 10 rings (SSSR count). The molecule has 0 saturated carbocycles. The van der Waals surface area contributed by atoms with Gasteiger partial charge in [0, 0.05) is 0 Å². The zero-order chi connectivity index (χ0) is 34.4. The molecule has 242 valence electrons. The molecule has 0 heterocycles. The van der Waals surface area contributed by atoms with Crippen LogP contribution in [-0.2, 0) is 0 Å². The fourth-order valence-corrected chi connectivity index (χ4v) is 8.52. The second kappa shape index (κ2) is 12.5. The Morgan fingerprint density at radius 3 is 0.654 bits per heavy atom. The molecule has 0 N–H and O–H groups in total. The van der Waals surface area contributed by atoms with Crippen LogP contribution in [0.5, 0.6) is 0 Å². The third kappa shape index (κ3) is 4.77. The molecular formula is C52H34. The van der Waals surface area contributed by atoms with Gasteiger partial charge in [-0.25, -0.2) is 0 Å². The summed E-state index contributed by atoms with van der Waals surface area (Å²) < 4.78 is 0. The molecule has 0 aliphatic rings. The Kier molecular flexibility index (Phi) is 7.25. The summed E-state index contributed by atoms with van der Waals surface area (Å²) in [6.45, 7) is 0. The van der Waals surface area contributed by atoms with Crippen LogP contribution in [0.2, 0.25) is 0 Å². The van der Waals surface area contributed by atoms with Crippen molar-refractivity contribution in [3.05, 3.63) is 206 Å². The van der Waals surface area contributed by atoms with Gasteiger partial charge in [-0.1, -0.05) is 206 Å². The number of fused-ring (bicyclic) bond motifs is 4. The van der Waals surface area contributed by atoms with Crippen LogP contribution in [0, 0.1) is 0 Å². The van der Waals surface area contributed by atoms with Gasteiger partial charge < -0.3 is 0 Å². The topological polar surface area (TPSA) is 0 Å². The first-order chi connectivity index (χ1) is 25.9. The predicted molar refractivity (Wildman–Crippen MR) is 224 cm³/mol. The van der Waals surface area contributed by atoms with E-state index in [4.69, 9.17) is 0 Å². The van der Waals surface area contributed by atoms with Crippen LogP contribution in [0.4, 0.5) is 0 Å². The van der Waals surface area contributed by atoms with E-state index in [9.17, 15) is 0 Å². The number of benzene rings is 10. The first-order valence-corrected chi connectivity index (χ1v) is 18.0. The van der Waals surface area contributed by atoms with Gasteiger partial charge in [0.15, 0.2) is 0 Å². The highest BCUT2D eigenvalue weighted by Crippen LogP contribution is 2.51. The van der Waals surface area contributed by atoms with Gasteiger partial charge in [-0.05, 0) is 98.7 Å². The summed E-state index contributed by atoms with van der Waals surface area (Å²) in [7, 11) is 0. The maximum absolute atomic E-state index is 2.33. The van der Waals surface area contributed by atoms with Crippen LogP contribution in [-0.4, -0.2) is 0 Å². The van der Waals surface area contributed by atoms with Crippen LogP contribution < -0.4 is 0 Å². The highest BCUT2D eigenvalue weighted by molar-refractivity contribution is 6.30. The minimum absolute atomic E-state index is 1.22. The molecule has 0 aliphatic heterocycles. The average Bonchev–Trinajstić information content (AvgIpc) is 3.23. The van der Waals surface area contributed by atoms with E-state index in [-0.39, 0.29) is 0 Å². The van der Waals surface area contributed by atoms with Gasteiger partial charge in [0.05, 0.1) is 0 Å². The van der Waals surface area contributed by atoms with Crippen LogP contribution >= 0.6 is 0 Å². The summed E-state index contributed by atoms with van der Waals surface area (Å²) in [5, 5.41) is 10.0. The Bertz CT molecular complexity index is 2620. The van der Waals surface area contributed by atoms with Crippen molar-refractivity contribution < 1.29 is 0 Å². The molecule has 0 aliphatic carbocycles. The summed E-state index contributed by atoms with van der Waals surface area (Å²) >= 11 is 0. The Morgan fingerprint density at radius 2 is 0.365 bits per heavy atom. The molecule has 0 aromatic heterocycles. The van der Waals surface area contributed by atoms with E-state index in [2.05, 4.69) is 206 Å². The first-order valence-electron chi connectivity index (χ1n) is 18.0. The van der Waals surface area contributed by atoms with Gasteiger partial charge in [-0.3, -0.25) is 0 Å². The lowest BCUT2D eigenvalue weighted by molar-refractivity contribution is 1.60. The minimum atomic E-state index is 1.22. The fourth-order valence-electron chi connectivity index (χ4n) is 8.52. The molecular weight excluding hydrogens is 625 g/mol. The SMILES string of the molecule is c1ccc(-c2ccccc2-c2c3ccccc3c(-c3c4ccccc4c(-c4ccccc4-c4ccccc4)c4ccccc34)c3ccccc23)cc1. The van der Waals surface area contributed by atoms with E-state index in [1.54, 1.807) is 0 Å². The molecule has 0 unspecified atom stereocenters. The lowest BCUT2D eigenvalue weighted by Crippen LogP contribution is -1.96. The monoisotopic (exact) mass is 658 g/mol. The van der Waals surface area contributed by atoms with Crippen LogP contribution in [0.3, 0.4) is 0 Å². The molecule has 10 aromatic rings. The second-order valence-electron chi connectivity index (χ2n) is 13.5. The molecule has 0 amide bonds. The van der Waals surface area contributed by atoms with Gasteiger partial charge in [0.1, 0.15) is 0 Å². The van der Waals surface area contributed by atoms with Crippen molar-refractivity contribution in [2.24, 2.45) is 0 Å². The highest BCUT2D eigenvalue weighted by atomic mass is 14.3. The quantitative estimate of drug-likeness (QED) is 0.161. The molecule has 0 atom stereocenters. The molecule has 0 heteroatoms. The third-order valence-corrected chi connectivity index (χ3v) is 10.7. The van der Waals surface area contributed by atoms with E-state index < -0.39 is 0 Å². The summed E-state index contributed by atoms with van der Waals surface area (Å²) in [6, 6.07) is 75.4. The Hall–Kier alpha value is -6.76. The zero-order valence-electron chi connectivity index (χ0n) is 28.6. The molecule has 52 heavy (non-hydrogen) atoms. The van der Waals surface area contributed by atoms with E-state index in [1.165, 1.54) is 98.7 Å². The summed E-state index contributed by atoms with van der Waals surface area (Å²) in [6.07, 6.45) is 0. The molecule has 0 radical (unpaired) electrons. The van der Waals surface area contributed by atoms with Crippen molar-refractivity contribution in [3.63, 3.8) is 0 Å². The average molecular weight is 659 g/mol. The van der Waals surface area contributed by atoms with Crippen molar-refractivity contribution >= 4 is 43.1 Å². The molecule has 0 bridgehead atoms. The standard InChI is InChI=1S/C52H34/c1-3-19-35(20-4-1)37-23-7-9-25-39(37)49-41-27-11-15-31-45(41)51(46-32-16-12-28-42(46)49)52-47-33-17-13-29-43(47)50(44-30-14-18-34-48(44)52)40-26-10-8-24-38(40)36-21-5-2-6-22-36/h1-34H. The summed E-state index contributed by atoms with van der Waals surface area (Å²) in [5.74, 6) is 0. The maximum Gasteiger partial charge on any atom is -0.00139 e. The van der Waals surface area contributed by atoms with E-state index in [0.717, 1.165) is 0 Å². The molecule has 10 aromatic carbocycles. The summed E-state index contributed by atoms with van der Waals surface area (Å²) in [4.78, 5) is 0.